The lowest BCUT2D eigenvalue weighted by atomic mass is 10.0. The number of urea groups is 1. The second kappa shape index (κ2) is 7.61. The number of hydrogen-bond acceptors (Lipinski definition) is 6. The number of ether oxygens (including phenoxy) is 1. The number of fused-ring (bicyclic) bond motifs is 2. The molecule has 8 heteroatoms. The highest BCUT2D eigenvalue weighted by molar-refractivity contribution is 7.19. The number of primary amides is 1. The molecule has 2 aromatic heterocycles. The molecule has 2 fully saturated rings. The number of thiazole rings is 1. The SMILES string of the molecule is NC(=O)N1CC2CN(CCc3ccc(Oc4nc5cccnc5s4)cc3)CC2C1. The van der Waals surface area contributed by atoms with E-state index in [0.717, 1.165) is 55.2 Å². The highest BCUT2D eigenvalue weighted by atomic mass is 32.1. The average molecular weight is 410 g/mol. The highest BCUT2D eigenvalue weighted by Crippen LogP contribution is 2.32. The van der Waals surface area contributed by atoms with Crippen LogP contribution in [0.2, 0.25) is 0 Å². The van der Waals surface area contributed by atoms with Gasteiger partial charge in [-0.25, -0.2) is 14.8 Å². The van der Waals surface area contributed by atoms with Crippen LogP contribution >= 0.6 is 11.3 Å². The number of likely N-dealkylation sites (tertiary alicyclic amines) is 2. The number of nitrogens with two attached hydrogens (primary N) is 1. The van der Waals surface area contributed by atoms with E-state index in [4.69, 9.17) is 10.5 Å². The van der Waals surface area contributed by atoms with Crippen molar-refractivity contribution in [3.8, 4) is 10.9 Å². The predicted molar refractivity (Wildman–Crippen MR) is 112 cm³/mol. The summed E-state index contributed by atoms with van der Waals surface area (Å²) in [7, 11) is 0. The van der Waals surface area contributed by atoms with Gasteiger partial charge in [0, 0.05) is 38.9 Å². The first-order chi connectivity index (χ1) is 14.1. The lowest BCUT2D eigenvalue weighted by Crippen LogP contribution is -2.37. The second-order valence-electron chi connectivity index (χ2n) is 7.83. The number of benzene rings is 1. The summed E-state index contributed by atoms with van der Waals surface area (Å²) >= 11 is 1.45. The predicted octanol–water partition coefficient (Wildman–Crippen LogP) is 2.97. The van der Waals surface area contributed by atoms with Crippen LogP contribution in [0.4, 0.5) is 4.79 Å². The number of aromatic nitrogens is 2. The standard InChI is InChI=1S/C21H23N5O2S/c22-20(27)26-12-15-10-25(11-16(15)13-26)9-7-14-3-5-17(6-4-14)28-21-24-18-2-1-8-23-19(18)29-21/h1-6,8,15-16H,7,9-13H2,(H2,22,27). The number of nitrogens with zero attached hydrogens (tertiary/aromatic N) is 4. The third-order valence-electron chi connectivity index (χ3n) is 5.87. The van der Waals surface area contributed by atoms with Crippen molar-refractivity contribution in [1.82, 2.24) is 19.8 Å². The maximum absolute atomic E-state index is 11.3. The van der Waals surface area contributed by atoms with E-state index in [9.17, 15) is 4.79 Å². The summed E-state index contributed by atoms with van der Waals surface area (Å²) < 4.78 is 5.89. The highest BCUT2D eigenvalue weighted by Gasteiger charge is 2.40. The largest absolute Gasteiger partial charge is 0.431 e. The number of carbonyl (C=O) groups is 1. The van der Waals surface area contributed by atoms with Gasteiger partial charge >= 0.3 is 6.03 Å². The minimum atomic E-state index is -0.282. The fraction of sp³-hybridized carbons (Fsp3) is 0.381. The lowest BCUT2D eigenvalue weighted by molar-refractivity contribution is 0.209. The van der Waals surface area contributed by atoms with E-state index in [1.54, 1.807) is 11.1 Å². The molecule has 150 valence electrons. The number of hydrogen-bond donors (Lipinski definition) is 1. The quantitative estimate of drug-likeness (QED) is 0.700. The number of rotatable bonds is 5. The molecule has 5 rings (SSSR count). The van der Waals surface area contributed by atoms with Gasteiger partial charge in [-0.15, -0.1) is 0 Å². The number of amides is 2. The van der Waals surface area contributed by atoms with Crippen LogP contribution in [-0.4, -0.2) is 58.5 Å². The van der Waals surface area contributed by atoms with Crippen molar-refractivity contribution in [2.24, 2.45) is 17.6 Å². The Kier molecular flexibility index (Phi) is 4.81. The lowest BCUT2D eigenvalue weighted by Gasteiger charge is -2.20. The first-order valence-electron chi connectivity index (χ1n) is 9.89. The molecular weight excluding hydrogens is 386 g/mol. The number of carbonyl (C=O) groups excluding carboxylic acids is 1. The molecule has 0 saturated carbocycles. The van der Waals surface area contributed by atoms with Crippen molar-refractivity contribution in [3.05, 3.63) is 48.2 Å². The van der Waals surface area contributed by atoms with Crippen LogP contribution in [0.15, 0.2) is 42.6 Å². The molecule has 2 amide bonds. The minimum absolute atomic E-state index is 0.282. The van der Waals surface area contributed by atoms with Gasteiger partial charge in [-0.1, -0.05) is 23.5 Å². The van der Waals surface area contributed by atoms with Gasteiger partial charge in [0.25, 0.3) is 5.19 Å². The summed E-state index contributed by atoms with van der Waals surface area (Å²) in [6.45, 7) is 4.77. The first-order valence-corrected chi connectivity index (χ1v) is 10.7. The Morgan fingerprint density at radius 3 is 2.59 bits per heavy atom. The van der Waals surface area contributed by atoms with Gasteiger partial charge in [0.2, 0.25) is 0 Å². The van der Waals surface area contributed by atoms with Crippen LogP contribution in [0, 0.1) is 11.8 Å². The van der Waals surface area contributed by atoms with Gasteiger partial charge in [-0.05, 0) is 48.1 Å². The van der Waals surface area contributed by atoms with Crippen molar-refractivity contribution in [1.29, 1.82) is 0 Å². The zero-order valence-corrected chi connectivity index (χ0v) is 16.8. The molecule has 2 aliphatic heterocycles. The Morgan fingerprint density at radius 1 is 1.14 bits per heavy atom. The van der Waals surface area contributed by atoms with Gasteiger partial charge in [0.1, 0.15) is 16.1 Å². The first kappa shape index (κ1) is 18.3. The molecule has 4 heterocycles. The van der Waals surface area contributed by atoms with Gasteiger partial charge in [0.15, 0.2) is 0 Å². The molecule has 2 aliphatic rings. The van der Waals surface area contributed by atoms with Crippen molar-refractivity contribution < 1.29 is 9.53 Å². The summed E-state index contributed by atoms with van der Waals surface area (Å²) in [6, 6.07) is 11.8. The van der Waals surface area contributed by atoms with Crippen molar-refractivity contribution >= 4 is 27.7 Å². The van der Waals surface area contributed by atoms with Crippen LogP contribution in [-0.2, 0) is 6.42 Å². The van der Waals surface area contributed by atoms with Crippen molar-refractivity contribution in [3.63, 3.8) is 0 Å². The van der Waals surface area contributed by atoms with Crippen molar-refractivity contribution in [2.75, 3.05) is 32.7 Å². The van der Waals surface area contributed by atoms with Gasteiger partial charge < -0.3 is 20.3 Å². The molecule has 2 saturated heterocycles. The molecule has 0 spiro atoms. The smallest absolute Gasteiger partial charge is 0.314 e. The summed E-state index contributed by atoms with van der Waals surface area (Å²) in [5.41, 5.74) is 7.56. The molecule has 29 heavy (non-hydrogen) atoms. The summed E-state index contributed by atoms with van der Waals surface area (Å²) in [4.78, 5) is 25.3. The van der Waals surface area contributed by atoms with Crippen LogP contribution in [0.5, 0.6) is 10.9 Å². The van der Waals surface area contributed by atoms with Crippen LogP contribution in [0.3, 0.4) is 0 Å². The molecule has 0 bridgehead atoms. The van der Waals surface area contributed by atoms with E-state index in [1.807, 2.05) is 24.3 Å². The third-order valence-corrected chi connectivity index (χ3v) is 6.72. The minimum Gasteiger partial charge on any atom is -0.431 e. The van der Waals surface area contributed by atoms with Crippen LogP contribution in [0.25, 0.3) is 10.3 Å². The van der Waals surface area contributed by atoms with E-state index in [-0.39, 0.29) is 6.03 Å². The maximum atomic E-state index is 11.3. The van der Waals surface area contributed by atoms with Gasteiger partial charge in [0.05, 0.1) is 0 Å². The summed E-state index contributed by atoms with van der Waals surface area (Å²) in [5.74, 6) is 1.93. The molecular formula is C21H23N5O2S. The molecule has 2 unspecified atom stereocenters. The van der Waals surface area contributed by atoms with E-state index in [1.165, 1.54) is 16.9 Å². The molecule has 0 radical (unpaired) electrons. The Morgan fingerprint density at radius 2 is 1.90 bits per heavy atom. The molecule has 3 aromatic rings. The molecule has 0 aliphatic carbocycles. The summed E-state index contributed by atoms with van der Waals surface area (Å²) in [5, 5.41) is 0.611. The van der Waals surface area contributed by atoms with E-state index < -0.39 is 0 Å². The van der Waals surface area contributed by atoms with E-state index in [2.05, 4.69) is 27.0 Å². The fourth-order valence-electron chi connectivity index (χ4n) is 4.36. The Balaban J connectivity index is 1.13. The molecule has 2 N–H and O–H groups in total. The Hall–Kier alpha value is -2.71. The van der Waals surface area contributed by atoms with Gasteiger partial charge in [-0.2, -0.15) is 0 Å². The second-order valence-corrected chi connectivity index (χ2v) is 8.77. The Bertz CT molecular complexity index is 974. The zero-order chi connectivity index (χ0) is 19.8. The molecule has 7 nitrogen and oxygen atoms in total. The third kappa shape index (κ3) is 3.90. The zero-order valence-electron chi connectivity index (χ0n) is 16.0. The van der Waals surface area contributed by atoms with E-state index in [0.29, 0.717) is 17.0 Å². The van der Waals surface area contributed by atoms with Gasteiger partial charge in [-0.3, -0.25) is 0 Å². The fourth-order valence-corrected chi connectivity index (χ4v) is 5.14. The average Bonchev–Trinajstić information content (AvgIpc) is 3.39. The van der Waals surface area contributed by atoms with E-state index >= 15 is 0 Å². The molecule has 1 aromatic carbocycles. The van der Waals surface area contributed by atoms with Crippen LogP contribution in [0.1, 0.15) is 5.56 Å². The normalized spacial score (nSPS) is 21.6. The molecule has 2 atom stereocenters. The topological polar surface area (TPSA) is 84.6 Å². The Labute approximate surface area is 173 Å². The monoisotopic (exact) mass is 409 g/mol. The van der Waals surface area contributed by atoms with Crippen LogP contribution < -0.4 is 10.5 Å². The maximum Gasteiger partial charge on any atom is 0.314 e. The van der Waals surface area contributed by atoms with Crippen molar-refractivity contribution in [2.45, 2.75) is 6.42 Å². The summed E-state index contributed by atoms with van der Waals surface area (Å²) in [6.07, 6.45) is 2.77. The number of pyridine rings is 1.